The van der Waals surface area contributed by atoms with Gasteiger partial charge in [-0.05, 0) is 18.4 Å². The van der Waals surface area contributed by atoms with E-state index >= 15 is 0 Å². The van der Waals surface area contributed by atoms with Gasteiger partial charge < -0.3 is 30.7 Å². The fraction of sp³-hybridized carbons (Fsp3) is 0.522. The van der Waals surface area contributed by atoms with Gasteiger partial charge in [0.1, 0.15) is 29.9 Å². The molecule has 1 saturated heterocycles. The third-order valence-corrected chi connectivity index (χ3v) is 7.16. The molecule has 3 rings (SSSR count). The molecule has 212 valence electrons. The Kier molecular flexibility index (Phi) is 9.68. The van der Waals surface area contributed by atoms with Crippen molar-refractivity contribution in [2.24, 2.45) is 16.3 Å². The molecule has 1 aromatic heterocycles. The Hall–Kier alpha value is -3.50. The van der Waals surface area contributed by atoms with Crippen LogP contribution in [-0.4, -0.2) is 82.4 Å². The second-order valence-electron chi connectivity index (χ2n) is 9.71. The van der Waals surface area contributed by atoms with E-state index in [0.29, 0.717) is 5.75 Å². The van der Waals surface area contributed by atoms with E-state index in [9.17, 15) is 24.0 Å². The van der Waals surface area contributed by atoms with Gasteiger partial charge >= 0.3 is 11.9 Å². The number of fused-ring (bicyclic) bond motifs is 1. The zero-order valence-corrected chi connectivity index (χ0v) is 23.6. The number of hydrogen-bond donors (Lipinski definition) is 3. The zero-order valence-electron chi connectivity index (χ0n) is 22.0. The number of aromatic nitrogens is 1. The topological polar surface area (TPSA) is 192 Å². The quantitative estimate of drug-likeness (QED) is 0.115. The molecule has 4 N–H and O–H groups in total. The minimum absolute atomic E-state index is 0.000850. The number of oxime groups is 1. The number of β-lactam (4-membered cyclic amide) rings is 1. The highest BCUT2D eigenvalue weighted by Gasteiger charge is 2.53. The van der Waals surface area contributed by atoms with E-state index in [1.165, 1.54) is 42.2 Å². The van der Waals surface area contributed by atoms with Crippen molar-refractivity contribution in [2.75, 3.05) is 25.0 Å². The molecule has 14 nitrogen and oxygen atoms in total. The first-order chi connectivity index (χ1) is 18.3. The van der Waals surface area contributed by atoms with Crippen LogP contribution in [0.25, 0.3) is 0 Å². The summed E-state index contributed by atoms with van der Waals surface area (Å²) in [5, 5.41) is 9.98. The van der Waals surface area contributed by atoms with Crippen LogP contribution in [-0.2, 0) is 38.3 Å². The Morgan fingerprint density at radius 1 is 1.28 bits per heavy atom. The third-order valence-electron chi connectivity index (χ3n) is 5.21. The van der Waals surface area contributed by atoms with E-state index in [2.05, 4.69) is 20.8 Å². The van der Waals surface area contributed by atoms with E-state index in [1.807, 2.05) is 20.8 Å². The van der Waals surface area contributed by atoms with Gasteiger partial charge in [-0.15, -0.1) is 23.1 Å². The largest absolute Gasteiger partial charge is 0.428 e. The van der Waals surface area contributed by atoms with Gasteiger partial charge in [-0.2, -0.15) is 0 Å². The Morgan fingerprint density at radius 3 is 2.64 bits per heavy atom. The maximum Gasteiger partial charge on any atom is 0.357 e. The van der Waals surface area contributed by atoms with Gasteiger partial charge in [0.05, 0.1) is 12.5 Å². The minimum Gasteiger partial charge on any atom is -0.428 e. The number of ether oxygens (including phenoxy) is 2. The first kappa shape index (κ1) is 30.0. The number of nitrogens with two attached hydrogens (primary N) is 1. The number of thioether (sulfide) groups is 1. The summed E-state index contributed by atoms with van der Waals surface area (Å²) in [6, 6.07) is -1.71. The molecular formula is C23H30N6O8S2. The SMILES string of the molecule is CO/N=C(\C(=O)N[C@@H]1C(=O)N2C(C(=O)OCOC(=O)CC(C)(C)C)=CCS[C@H]12)c1csc(NC(=O)[C@H](C)N)n1. The summed E-state index contributed by atoms with van der Waals surface area (Å²) in [5.41, 5.74) is 5.16. The van der Waals surface area contributed by atoms with Crippen molar-refractivity contribution in [3.63, 3.8) is 0 Å². The Labute approximate surface area is 232 Å². The molecule has 0 spiro atoms. The monoisotopic (exact) mass is 582 g/mol. The molecule has 2 aliphatic heterocycles. The molecule has 0 unspecified atom stereocenters. The normalized spacial score (nSPS) is 19.6. The highest BCUT2D eigenvalue weighted by molar-refractivity contribution is 8.00. The molecule has 39 heavy (non-hydrogen) atoms. The number of carbonyl (C=O) groups is 5. The molecule has 16 heteroatoms. The summed E-state index contributed by atoms with van der Waals surface area (Å²) in [5.74, 6) is -2.69. The molecule has 2 aliphatic rings. The summed E-state index contributed by atoms with van der Waals surface area (Å²) in [4.78, 5) is 72.3. The molecular weight excluding hydrogens is 552 g/mol. The predicted octanol–water partition coefficient (Wildman–Crippen LogP) is 0.543. The lowest BCUT2D eigenvalue weighted by atomic mass is 9.93. The number of nitrogens with zero attached hydrogens (tertiary/aromatic N) is 3. The van der Waals surface area contributed by atoms with Crippen molar-refractivity contribution in [1.82, 2.24) is 15.2 Å². The molecule has 0 aliphatic carbocycles. The van der Waals surface area contributed by atoms with Crippen LogP contribution in [0, 0.1) is 5.41 Å². The number of nitrogens with one attached hydrogen (secondary N) is 2. The molecule has 1 aromatic rings. The van der Waals surface area contributed by atoms with Crippen LogP contribution < -0.4 is 16.4 Å². The standard InChI is InChI=1S/C23H30N6O8S2/c1-11(24)17(31)27-22-25-12(9-39-22)15(28-35-5)18(32)26-16-19(33)29-13(6-7-38-20(16)29)21(34)37-10-36-14(30)8-23(2,3)4/h6,9,11,16,20H,7-8,10,24H2,1-5H3,(H,26,32)(H,25,27,31)/b28-15-/t11-,16+,20+/m0/s1. The summed E-state index contributed by atoms with van der Waals surface area (Å²) >= 11 is 2.39. The third kappa shape index (κ3) is 7.54. The van der Waals surface area contributed by atoms with Gasteiger partial charge in [0.15, 0.2) is 10.8 Å². The van der Waals surface area contributed by atoms with E-state index in [0.717, 1.165) is 11.3 Å². The number of carbonyl (C=O) groups excluding carboxylic acids is 5. The molecule has 1 fully saturated rings. The summed E-state index contributed by atoms with van der Waals surface area (Å²) in [7, 11) is 1.24. The maximum atomic E-state index is 13.0. The van der Waals surface area contributed by atoms with Gasteiger partial charge in [-0.1, -0.05) is 25.9 Å². The molecule has 0 bridgehead atoms. The van der Waals surface area contributed by atoms with Gasteiger partial charge in [0.2, 0.25) is 12.7 Å². The van der Waals surface area contributed by atoms with E-state index in [4.69, 9.17) is 20.0 Å². The van der Waals surface area contributed by atoms with Gasteiger partial charge in [-0.25, -0.2) is 9.78 Å². The van der Waals surface area contributed by atoms with E-state index < -0.39 is 53.9 Å². The zero-order chi connectivity index (χ0) is 28.9. The van der Waals surface area contributed by atoms with Crippen molar-refractivity contribution >= 4 is 63.6 Å². The van der Waals surface area contributed by atoms with Crippen molar-refractivity contribution in [2.45, 2.75) is 51.6 Å². The van der Waals surface area contributed by atoms with Crippen molar-refractivity contribution < 1.29 is 38.3 Å². The number of rotatable bonds is 10. The fourth-order valence-electron chi connectivity index (χ4n) is 3.40. The first-order valence-corrected chi connectivity index (χ1v) is 13.7. The van der Waals surface area contributed by atoms with Gasteiger partial charge in [0, 0.05) is 11.1 Å². The van der Waals surface area contributed by atoms with E-state index in [-0.39, 0.29) is 34.1 Å². The first-order valence-electron chi connectivity index (χ1n) is 11.7. The van der Waals surface area contributed by atoms with Crippen LogP contribution in [0.1, 0.15) is 39.8 Å². The maximum absolute atomic E-state index is 13.0. The van der Waals surface area contributed by atoms with Crippen LogP contribution in [0.5, 0.6) is 0 Å². The summed E-state index contributed by atoms with van der Waals surface area (Å²) in [6.45, 7) is 6.55. The van der Waals surface area contributed by atoms with E-state index in [1.54, 1.807) is 0 Å². The minimum atomic E-state index is -0.957. The van der Waals surface area contributed by atoms with Crippen molar-refractivity contribution in [1.29, 1.82) is 0 Å². The molecule has 0 aromatic carbocycles. The number of esters is 2. The van der Waals surface area contributed by atoms with Crippen LogP contribution in [0.2, 0.25) is 0 Å². The average Bonchev–Trinajstić information content (AvgIpc) is 3.31. The Bertz CT molecular complexity index is 1210. The lowest BCUT2D eigenvalue weighted by molar-refractivity contribution is -0.169. The lowest BCUT2D eigenvalue weighted by Crippen LogP contribution is -2.70. The second kappa shape index (κ2) is 12.6. The van der Waals surface area contributed by atoms with Crippen molar-refractivity contribution in [3.8, 4) is 0 Å². The summed E-state index contributed by atoms with van der Waals surface area (Å²) < 4.78 is 9.99. The Balaban J connectivity index is 1.60. The molecule has 3 amide bonds. The molecule has 0 radical (unpaired) electrons. The number of anilines is 1. The fourth-order valence-corrected chi connectivity index (χ4v) is 5.29. The van der Waals surface area contributed by atoms with Crippen LogP contribution in [0.15, 0.2) is 22.3 Å². The number of hydrogen-bond acceptors (Lipinski definition) is 13. The Morgan fingerprint density at radius 2 is 2.00 bits per heavy atom. The van der Waals surface area contributed by atoms with Gasteiger partial charge in [-0.3, -0.25) is 24.1 Å². The smallest absolute Gasteiger partial charge is 0.357 e. The van der Waals surface area contributed by atoms with Crippen LogP contribution in [0.4, 0.5) is 5.13 Å². The molecule has 3 atom stereocenters. The van der Waals surface area contributed by atoms with Crippen molar-refractivity contribution in [3.05, 3.63) is 22.8 Å². The number of amides is 3. The average molecular weight is 583 g/mol. The number of thiazole rings is 1. The van der Waals surface area contributed by atoms with Crippen LogP contribution >= 0.6 is 23.1 Å². The van der Waals surface area contributed by atoms with Crippen LogP contribution in [0.3, 0.4) is 0 Å². The molecule has 0 saturated carbocycles. The molecule has 3 heterocycles. The van der Waals surface area contributed by atoms with Gasteiger partial charge in [0.25, 0.3) is 11.8 Å². The summed E-state index contributed by atoms with van der Waals surface area (Å²) in [6.07, 6.45) is 1.68. The highest BCUT2D eigenvalue weighted by atomic mass is 32.2. The lowest BCUT2D eigenvalue weighted by Gasteiger charge is -2.48. The predicted molar refractivity (Wildman–Crippen MR) is 142 cm³/mol. The second-order valence-corrected chi connectivity index (χ2v) is 11.7. The highest BCUT2D eigenvalue weighted by Crippen LogP contribution is 2.38.